The summed E-state index contributed by atoms with van der Waals surface area (Å²) in [7, 11) is 1.60. The quantitative estimate of drug-likeness (QED) is 0.687. The second-order valence-corrected chi connectivity index (χ2v) is 5.02. The summed E-state index contributed by atoms with van der Waals surface area (Å²) in [5, 5.41) is 12.7. The highest BCUT2D eigenvalue weighted by atomic mass is 16.5. The fourth-order valence-corrected chi connectivity index (χ4v) is 1.73. The zero-order valence-electron chi connectivity index (χ0n) is 10.3. The molecule has 1 fully saturated rings. The first kappa shape index (κ1) is 13.5. The van der Waals surface area contributed by atoms with Gasteiger partial charge in [0.15, 0.2) is 0 Å². The Morgan fingerprint density at radius 2 is 2.25 bits per heavy atom. The number of nitrogens with one attached hydrogen (secondary N) is 1. The highest BCUT2D eigenvalue weighted by molar-refractivity contribution is 5.76. The van der Waals surface area contributed by atoms with Crippen LogP contribution in [0.5, 0.6) is 0 Å². The zero-order valence-corrected chi connectivity index (χ0v) is 10.3. The summed E-state index contributed by atoms with van der Waals surface area (Å²) in [5.41, 5.74) is -0.870. The Bertz CT molecular complexity index is 224. The van der Waals surface area contributed by atoms with Gasteiger partial charge in [0.25, 0.3) is 0 Å². The van der Waals surface area contributed by atoms with Crippen molar-refractivity contribution >= 4 is 5.91 Å². The molecule has 2 N–H and O–H groups in total. The Morgan fingerprint density at radius 1 is 1.56 bits per heavy atom. The third-order valence-corrected chi connectivity index (χ3v) is 3.21. The van der Waals surface area contributed by atoms with Crippen LogP contribution in [0.25, 0.3) is 0 Å². The number of amides is 1. The number of carbonyl (C=O) groups is 1. The normalized spacial score (nSPS) is 19.9. The molecule has 1 aliphatic carbocycles. The lowest BCUT2D eigenvalue weighted by Crippen LogP contribution is -2.42. The van der Waals surface area contributed by atoms with Crippen molar-refractivity contribution in [3.8, 4) is 0 Å². The molecule has 0 aromatic rings. The molecule has 0 aromatic carbocycles. The second kappa shape index (κ2) is 6.21. The topological polar surface area (TPSA) is 58.6 Å². The summed E-state index contributed by atoms with van der Waals surface area (Å²) < 4.78 is 4.90. The summed E-state index contributed by atoms with van der Waals surface area (Å²) in [6.45, 7) is 2.53. The second-order valence-electron chi connectivity index (χ2n) is 5.02. The molecular weight excluding hydrogens is 206 g/mol. The number of hydrogen-bond donors (Lipinski definition) is 2. The minimum absolute atomic E-state index is 0.0578. The van der Waals surface area contributed by atoms with Gasteiger partial charge >= 0.3 is 0 Å². The molecule has 1 rings (SSSR count). The van der Waals surface area contributed by atoms with Crippen LogP contribution in [0.15, 0.2) is 0 Å². The van der Waals surface area contributed by atoms with Crippen LogP contribution in [-0.2, 0) is 9.53 Å². The summed E-state index contributed by atoms with van der Waals surface area (Å²) in [6, 6.07) is 0. The standard InChI is InChI=1S/C12H23NO3/c1-12(15,6-7-16-2)9-13-11(14)8-10-4-3-5-10/h10,15H,3-9H2,1-2H3,(H,13,14). The maximum atomic E-state index is 11.5. The van der Waals surface area contributed by atoms with E-state index in [9.17, 15) is 9.90 Å². The van der Waals surface area contributed by atoms with Crippen LogP contribution < -0.4 is 5.32 Å². The molecule has 0 heterocycles. The Balaban J connectivity index is 2.13. The number of rotatable bonds is 7. The number of aliphatic hydroxyl groups is 1. The van der Waals surface area contributed by atoms with Crippen LogP contribution >= 0.6 is 0 Å². The fourth-order valence-electron chi connectivity index (χ4n) is 1.73. The number of methoxy groups -OCH3 is 1. The molecule has 1 unspecified atom stereocenters. The maximum absolute atomic E-state index is 11.5. The lowest BCUT2D eigenvalue weighted by Gasteiger charge is -2.26. The molecule has 0 spiro atoms. The third-order valence-electron chi connectivity index (χ3n) is 3.21. The SMILES string of the molecule is COCCC(C)(O)CNC(=O)CC1CCC1. The van der Waals surface area contributed by atoms with E-state index in [1.54, 1.807) is 14.0 Å². The minimum atomic E-state index is -0.870. The third kappa shape index (κ3) is 4.94. The molecule has 0 radical (unpaired) electrons. The van der Waals surface area contributed by atoms with Crippen molar-refractivity contribution in [2.75, 3.05) is 20.3 Å². The molecule has 0 aromatic heterocycles. The fraction of sp³-hybridized carbons (Fsp3) is 0.917. The molecule has 0 bridgehead atoms. The first-order valence-electron chi connectivity index (χ1n) is 6.01. The molecule has 1 amide bonds. The van der Waals surface area contributed by atoms with Gasteiger partial charge in [0, 0.05) is 33.1 Å². The van der Waals surface area contributed by atoms with Crippen molar-refractivity contribution in [3.05, 3.63) is 0 Å². The lowest BCUT2D eigenvalue weighted by molar-refractivity contribution is -0.123. The van der Waals surface area contributed by atoms with Crippen molar-refractivity contribution < 1.29 is 14.6 Å². The van der Waals surface area contributed by atoms with E-state index in [1.807, 2.05) is 0 Å². The van der Waals surface area contributed by atoms with E-state index in [0.717, 1.165) is 0 Å². The molecule has 94 valence electrons. The molecule has 4 nitrogen and oxygen atoms in total. The lowest BCUT2D eigenvalue weighted by atomic mass is 9.83. The van der Waals surface area contributed by atoms with Gasteiger partial charge in [-0.15, -0.1) is 0 Å². The monoisotopic (exact) mass is 229 g/mol. The molecule has 1 atom stereocenters. The molecule has 1 saturated carbocycles. The van der Waals surface area contributed by atoms with E-state index >= 15 is 0 Å². The van der Waals surface area contributed by atoms with Crippen LogP contribution in [0.1, 0.15) is 39.0 Å². The van der Waals surface area contributed by atoms with Gasteiger partial charge < -0.3 is 15.2 Å². The van der Waals surface area contributed by atoms with Crippen LogP contribution in [0.3, 0.4) is 0 Å². The van der Waals surface area contributed by atoms with E-state index in [4.69, 9.17) is 4.74 Å². The van der Waals surface area contributed by atoms with Gasteiger partial charge in [-0.2, -0.15) is 0 Å². The number of carbonyl (C=O) groups excluding carboxylic acids is 1. The van der Waals surface area contributed by atoms with Gasteiger partial charge in [-0.3, -0.25) is 4.79 Å². The molecule has 0 aliphatic heterocycles. The minimum Gasteiger partial charge on any atom is -0.388 e. The molecule has 16 heavy (non-hydrogen) atoms. The van der Waals surface area contributed by atoms with E-state index in [2.05, 4.69) is 5.32 Å². The van der Waals surface area contributed by atoms with Crippen molar-refractivity contribution in [1.82, 2.24) is 5.32 Å². The Kier molecular flexibility index (Phi) is 5.22. The average Bonchev–Trinajstić information content (AvgIpc) is 2.18. The Morgan fingerprint density at radius 3 is 2.75 bits per heavy atom. The van der Waals surface area contributed by atoms with Crippen LogP contribution in [0.2, 0.25) is 0 Å². The van der Waals surface area contributed by atoms with E-state index in [-0.39, 0.29) is 5.91 Å². The Hall–Kier alpha value is -0.610. The van der Waals surface area contributed by atoms with Gasteiger partial charge in [-0.25, -0.2) is 0 Å². The van der Waals surface area contributed by atoms with Crippen molar-refractivity contribution in [2.24, 2.45) is 5.92 Å². The van der Waals surface area contributed by atoms with Gasteiger partial charge in [0.1, 0.15) is 0 Å². The van der Waals surface area contributed by atoms with Gasteiger partial charge in [-0.05, 0) is 25.7 Å². The summed E-state index contributed by atoms with van der Waals surface area (Å²) in [6.07, 6.45) is 4.75. The summed E-state index contributed by atoms with van der Waals surface area (Å²) in [5.74, 6) is 0.631. The van der Waals surface area contributed by atoms with E-state index in [0.29, 0.717) is 31.9 Å². The summed E-state index contributed by atoms with van der Waals surface area (Å²) in [4.78, 5) is 11.5. The van der Waals surface area contributed by atoms with E-state index in [1.165, 1.54) is 19.3 Å². The first-order chi connectivity index (χ1) is 7.53. The summed E-state index contributed by atoms with van der Waals surface area (Å²) >= 11 is 0. The van der Waals surface area contributed by atoms with Gasteiger partial charge in [0.2, 0.25) is 5.91 Å². The maximum Gasteiger partial charge on any atom is 0.220 e. The number of ether oxygens (including phenoxy) is 1. The Labute approximate surface area is 97.4 Å². The molecule has 4 heteroatoms. The van der Waals surface area contributed by atoms with Crippen molar-refractivity contribution in [2.45, 2.75) is 44.6 Å². The predicted molar refractivity (Wildman–Crippen MR) is 62.1 cm³/mol. The zero-order chi connectivity index (χ0) is 12.0. The van der Waals surface area contributed by atoms with Crippen molar-refractivity contribution in [1.29, 1.82) is 0 Å². The van der Waals surface area contributed by atoms with Crippen molar-refractivity contribution in [3.63, 3.8) is 0 Å². The first-order valence-corrected chi connectivity index (χ1v) is 6.01. The van der Waals surface area contributed by atoms with Crippen LogP contribution in [0.4, 0.5) is 0 Å². The molecule has 1 aliphatic rings. The molecular formula is C12H23NO3. The number of hydrogen-bond acceptors (Lipinski definition) is 3. The highest BCUT2D eigenvalue weighted by Crippen LogP contribution is 2.29. The molecule has 0 saturated heterocycles. The van der Waals surface area contributed by atoms with Crippen LogP contribution in [-0.4, -0.2) is 36.9 Å². The predicted octanol–water partition coefficient (Wildman–Crippen LogP) is 1.08. The average molecular weight is 229 g/mol. The smallest absolute Gasteiger partial charge is 0.220 e. The largest absolute Gasteiger partial charge is 0.388 e. The van der Waals surface area contributed by atoms with Gasteiger partial charge in [0.05, 0.1) is 5.60 Å². The van der Waals surface area contributed by atoms with Crippen LogP contribution in [0, 0.1) is 5.92 Å². The van der Waals surface area contributed by atoms with E-state index < -0.39 is 5.60 Å². The van der Waals surface area contributed by atoms with Gasteiger partial charge in [-0.1, -0.05) is 6.42 Å². The highest BCUT2D eigenvalue weighted by Gasteiger charge is 2.23.